The monoisotopic (exact) mass is 427 g/mol. The van der Waals surface area contributed by atoms with E-state index in [1.165, 1.54) is 10.5 Å². The molecule has 32 heavy (non-hydrogen) atoms. The second kappa shape index (κ2) is 8.16. The maximum Gasteiger partial charge on any atom is 0.329 e. The van der Waals surface area contributed by atoms with Crippen molar-refractivity contribution in [2.75, 3.05) is 18.0 Å². The van der Waals surface area contributed by atoms with Crippen molar-refractivity contribution in [1.29, 1.82) is 0 Å². The normalized spacial score (nSPS) is 18.2. The molecule has 2 aromatic carbocycles. The highest BCUT2D eigenvalue weighted by molar-refractivity contribution is 6.23. The lowest BCUT2D eigenvalue weighted by molar-refractivity contribution is -0.123. The molecule has 2 aliphatic heterocycles. The molecule has 0 saturated carbocycles. The summed E-state index contributed by atoms with van der Waals surface area (Å²) in [5.41, 5.74) is 2.59. The lowest BCUT2D eigenvalue weighted by Gasteiger charge is -2.37. The largest absolute Gasteiger partial charge is 0.329 e. The lowest BCUT2D eigenvalue weighted by Crippen LogP contribution is -2.54. The number of amides is 3. The number of rotatable bonds is 4. The van der Waals surface area contributed by atoms with Crippen molar-refractivity contribution in [2.45, 2.75) is 31.8 Å². The zero-order valence-electron chi connectivity index (χ0n) is 18.0. The summed E-state index contributed by atoms with van der Waals surface area (Å²) in [7, 11) is 0. The van der Waals surface area contributed by atoms with Gasteiger partial charge in [-0.1, -0.05) is 42.5 Å². The predicted molar refractivity (Wildman–Crippen MR) is 122 cm³/mol. The molecule has 5 rings (SSSR count). The van der Waals surface area contributed by atoms with Crippen LogP contribution in [0.4, 0.5) is 10.5 Å². The van der Waals surface area contributed by atoms with Gasteiger partial charge in [0.2, 0.25) is 0 Å². The van der Waals surface area contributed by atoms with Gasteiger partial charge >= 0.3 is 6.03 Å². The van der Waals surface area contributed by atoms with E-state index in [1.54, 1.807) is 18.3 Å². The minimum absolute atomic E-state index is 0.177. The second-order valence-electron chi connectivity index (χ2n) is 8.49. The molecular weight excluding hydrogens is 402 g/mol. The van der Waals surface area contributed by atoms with E-state index in [1.807, 2.05) is 43.3 Å². The van der Waals surface area contributed by atoms with Crippen molar-refractivity contribution < 1.29 is 9.59 Å². The van der Waals surface area contributed by atoms with Crippen molar-refractivity contribution in [3.05, 3.63) is 78.1 Å². The van der Waals surface area contributed by atoms with E-state index in [2.05, 4.69) is 32.3 Å². The standard InChI is InChI=1S/C25H25N5O2/c1-18-10-13-26-22(27-18)20-8-5-9-21(16-20)30-23(31)25(28-24(30)32)11-14-29(15-12-25)17-19-6-3-2-4-7-19/h2-10,13,16H,11-12,14-15,17H2,1H3,(H,28,32). The van der Waals surface area contributed by atoms with E-state index < -0.39 is 5.54 Å². The fraction of sp³-hybridized carbons (Fsp3) is 0.280. The van der Waals surface area contributed by atoms with Crippen molar-refractivity contribution >= 4 is 17.6 Å². The number of hydrogen-bond donors (Lipinski definition) is 1. The molecule has 7 nitrogen and oxygen atoms in total. The number of carbonyl (C=O) groups is 2. The fourth-order valence-corrected chi connectivity index (χ4v) is 4.50. The Labute approximate surface area is 187 Å². The number of nitrogens with one attached hydrogen (secondary N) is 1. The van der Waals surface area contributed by atoms with E-state index in [9.17, 15) is 9.59 Å². The van der Waals surface area contributed by atoms with Crippen molar-refractivity contribution in [1.82, 2.24) is 20.2 Å². The smallest absolute Gasteiger partial charge is 0.323 e. The van der Waals surface area contributed by atoms with Gasteiger partial charge in [0, 0.05) is 37.1 Å². The summed E-state index contributed by atoms with van der Waals surface area (Å²) in [6.45, 7) is 4.26. The molecule has 0 unspecified atom stereocenters. The minimum atomic E-state index is -0.833. The van der Waals surface area contributed by atoms with Crippen LogP contribution in [0.5, 0.6) is 0 Å². The van der Waals surface area contributed by atoms with Gasteiger partial charge in [0.25, 0.3) is 5.91 Å². The summed E-state index contributed by atoms with van der Waals surface area (Å²) >= 11 is 0. The molecule has 2 fully saturated rings. The zero-order valence-corrected chi connectivity index (χ0v) is 18.0. The Balaban J connectivity index is 1.33. The molecule has 3 amide bonds. The molecule has 0 bridgehead atoms. The number of aromatic nitrogens is 2. The summed E-state index contributed by atoms with van der Waals surface area (Å²) in [5, 5.41) is 3.00. The summed E-state index contributed by atoms with van der Waals surface area (Å²) < 4.78 is 0. The van der Waals surface area contributed by atoms with Crippen LogP contribution in [0.3, 0.4) is 0 Å². The van der Waals surface area contributed by atoms with Crippen LogP contribution in [-0.2, 0) is 11.3 Å². The number of carbonyl (C=O) groups excluding carboxylic acids is 2. The van der Waals surface area contributed by atoms with Crippen LogP contribution < -0.4 is 10.2 Å². The first-order valence-electron chi connectivity index (χ1n) is 10.9. The van der Waals surface area contributed by atoms with Crippen LogP contribution in [0.2, 0.25) is 0 Å². The van der Waals surface area contributed by atoms with Crippen molar-refractivity contribution in [3.8, 4) is 11.4 Å². The number of hydrogen-bond acceptors (Lipinski definition) is 5. The highest BCUT2D eigenvalue weighted by Gasteiger charge is 2.52. The first kappa shape index (κ1) is 20.3. The topological polar surface area (TPSA) is 78.4 Å². The van der Waals surface area contributed by atoms with Gasteiger partial charge in [-0.2, -0.15) is 0 Å². The molecule has 1 spiro atoms. The lowest BCUT2D eigenvalue weighted by atomic mass is 9.87. The van der Waals surface area contributed by atoms with E-state index in [4.69, 9.17) is 0 Å². The maximum absolute atomic E-state index is 13.5. The summed E-state index contributed by atoms with van der Waals surface area (Å²) in [6.07, 6.45) is 2.90. The van der Waals surface area contributed by atoms with E-state index in [0.717, 1.165) is 30.9 Å². The van der Waals surface area contributed by atoms with Gasteiger partial charge < -0.3 is 5.32 Å². The third kappa shape index (κ3) is 3.76. The number of likely N-dealkylation sites (tertiary alicyclic amines) is 1. The van der Waals surface area contributed by atoms with E-state index in [0.29, 0.717) is 24.4 Å². The molecule has 0 radical (unpaired) electrons. The highest BCUT2D eigenvalue weighted by atomic mass is 16.2. The van der Waals surface area contributed by atoms with Crippen LogP contribution in [0.1, 0.15) is 24.1 Å². The summed E-state index contributed by atoms with van der Waals surface area (Å²) in [6, 6.07) is 19.1. The molecule has 1 aromatic heterocycles. The average molecular weight is 428 g/mol. The molecule has 162 valence electrons. The molecular formula is C25H25N5O2. The number of nitrogens with zero attached hydrogens (tertiary/aromatic N) is 4. The number of aryl methyl sites for hydroxylation is 1. The van der Waals surface area contributed by atoms with Gasteiger partial charge in [0.1, 0.15) is 5.54 Å². The van der Waals surface area contributed by atoms with Crippen LogP contribution in [0.25, 0.3) is 11.4 Å². The van der Waals surface area contributed by atoms with Crippen molar-refractivity contribution in [3.63, 3.8) is 0 Å². The molecule has 2 saturated heterocycles. The Hall–Kier alpha value is -3.58. The zero-order chi connectivity index (χ0) is 22.1. The van der Waals surface area contributed by atoms with Gasteiger partial charge in [-0.25, -0.2) is 19.7 Å². The first-order valence-corrected chi connectivity index (χ1v) is 10.9. The van der Waals surface area contributed by atoms with Gasteiger partial charge in [0.15, 0.2) is 5.82 Å². The summed E-state index contributed by atoms with van der Waals surface area (Å²) in [4.78, 5) is 38.7. The first-order chi connectivity index (χ1) is 15.5. The SMILES string of the molecule is Cc1ccnc(-c2cccc(N3C(=O)NC4(CCN(Cc5ccccc5)CC4)C3=O)c2)n1. The molecule has 1 N–H and O–H groups in total. The summed E-state index contributed by atoms with van der Waals surface area (Å²) in [5.74, 6) is 0.395. The van der Waals surface area contributed by atoms with Crippen LogP contribution in [0, 0.1) is 6.92 Å². The van der Waals surface area contributed by atoms with E-state index in [-0.39, 0.29) is 11.9 Å². The van der Waals surface area contributed by atoms with Crippen LogP contribution >= 0.6 is 0 Å². The Morgan fingerprint density at radius 1 is 1.00 bits per heavy atom. The average Bonchev–Trinajstić information content (AvgIpc) is 3.05. The Kier molecular flexibility index (Phi) is 5.19. The molecule has 7 heteroatoms. The van der Waals surface area contributed by atoms with Gasteiger partial charge in [0.05, 0.1) is 5.69 Å². The second-order valence-corrected chi connectivity index (χ2v) is 8.49. The molecule has 3 aromatic rings. The number of benzene rings is 2. The van der Waals surface area contributed by atoms with Gasteiger partial charge in [-0.05, 0) is 43.5 Å². The fourth-order valence-electron chi connectivity index (χ4n) is 4.50. The van der Waals surface area contributed by atoms with Gasteiger partial charge in [-0.3, -0.25) is 9.69 Å². The highest BCUT2D eigenvalue weighted by Crippen LogP contribution is 2.34. The Bertz CT molecular complexity index is 1160. The van der Waals surface area contributed by atoms with E-state index >= 15 is 0 Å². The molecule has 0 aliphatic carbocycles. The number of anilines is 1. The van der Waals surface area contributed by atoms with Crippen LogP contribution in [0.15, 0.2) is 66.9 Å². The molecule has 2 aliphatic rings. The predicted octanol–water partition coefficient (Wildman–Crippen LogP) is 3.54. The van der Waals surface area contributed by atoms with Crippen molar-refractivity contribution in [2.24, 2.45) is 0 Å². The quantitative estimate of drug-likeness (QED) is 0.645. The Morgan fingerprint density at radius 3 is 2.53 bits per heavy atom. The van der Waals surface area contributed by atoms with Gasteiger partial charge in [-0.15, -0.1) is 0 Å². The van der Waals surface area contributed by atoms with Crippen LogP contribution in [-0.4, -0.2) is 45.4 Å². The third-order valence-electron chi connectivity index (χ3n) is 6.28. The Morgan fingerprint density at radius 2 is 1.78 bits per heavy atom. The molecule has 3 heterocycles. The number of imide groups is 1. The minimum Gasteiger partial charge on any atom is -0.323 e. The number of piperidine rings is 1. The number of urea groups is 1. The molecule has 0 atom stereocenters. The third-order valence-corrected chi connectivity index (χ3v) is 6.28. The maximum atomic E-state index is 13.5.